The third kappa shape index (κ3) is 1.98. The van der Waals surface area contributed by atoms with Gasteiger partial charge in [0.2, 0.25) is 0 Å². The van der Waals surface area contributed by atoms with Crippen LogP contribution in [0.5, 0.6) is 5.75 Å². The van der Waals surface area contributed by atoms with E-state index in [1.54, 1.807) is 7.11 Å². The van der Waals surface area contributed by atoms with Gasteiger partial charge >= 0.3 is 0 Å². The lowest BCUT2D eigenvalue weighted by Crippen LogP contribution is -2.17. The summed E-state index contributed by atoms with van der Waals surface area (Å²) in [5.74, 6) is 0.979. The minimum absolute atomic E-state index is 0.182. The molecule has 96 valence electrons. The highest BCUT2D eigenvalue weighted by atomic mass is 16.5. The molecule has 0 aliphatic rings. The molecular weight excluding hydrogens is 220 g/mol. The molecule has 0 amide bonds. The van der Waals surface area contributed by atoms with Gasteiger partial charge in [-0.3, -0.25) is 0 Å². The van der Waals surface area contributed by atoms with Crippen molar-refractivity contribution in [3.63, 3.8) is 0 Å². The highest BCUT2D eigenvalue weighted by Crippen LogP contribution is 2.38. The Hall–Kier alpha value is -1.50. The molecule has 1 heteroatoms. The molecule has 2 rings (SSSR count). The second kappa shape index (κ2) is 4.64. The van der Waals surface area contributed by atoms with Gasteiger partial charge in [-0.15, -0.1) is 0 Å². The average molecular weight is 242 g/mol. The number of hydrogen-bond acceptors (Lipinski definition) is 1. The lowest BCUT2D eigenvalue weighted by molar-refractivity contribution is 0.416. The fourth-order valence-electron chi connectivity index (χ4n) is 2.55. The highest BCUT2D eigenvalue weighted by molar-refractivity contribution is 5.92. The second-order valence-corrected chi connectivity index (χ2v) is 5.53. The molecule has 2 aromatic rings. The zero-order chi connectivity index (χ0) is 13.3. The first-order chi connectivity index (χ1) is 8.51. The number of methoxy groups -OCH3 is 1. The van der Waals surface area contributed by atoms with Crippen LogP contribution in [0, 0.1) is 6.92 Å². The van der Waals surface area contributed by atoms with E-state index < -0.39 is 0 Å². The first kappa shape index (κ1) is 12.9. The number of ether oxygens (including phenoxy) is 1. The summed E-state index contributed by atoms with van der Waals surface area (Å²) in [5, 5.41) is 2.50. The Balaban J connectivity index is 2.81. The van der Waals surface area contributed by atoms with Crippen molar-refractivity contribution in [3.05, 3.63) is 41.5 Å². The van der Waals surface area contributed by atoms with Gasteiger partial charge in [0, 0.05) is 5.39 Å². The number of aryl methyl sites for hydroxylation is 1. The molecule has 0 atom stereocenters. The summed E-state index contributed by atoms with van der Waals surface area (Å²) >= 11 is 0. The van der Waals surface area contributed by atoms with Crippen LogP contribution in [0.4, 0.5) is 0 Å². The lowest BCUT2D eigenvalue weighted by atomic mass is 9.78. The minimum Gasteiger partial charge on any atom is -0.496 e. The van der Waals surface area contributed by atoms with Gasteiger partial charge < -0.3 is 4.74 Å². The average Bonchev–Trinajstić information content (AvgIpc) is 2.39. The van der Waals surface area contributed by atoms with Crippen LogP contribution in [0.2, 0.25) is 0 Å². The van der Waals surface area contributed by atoms with Crippen LogP contribution in [0.3, 0.4) is 0 Å². The Kier molecular flexibility index (Phi) is 3.34. The molecule has 0 fully saturated rings. The fraction of sp³-hybridized carbons (Fsp3) is 0.412. The molecule has 0 aromatic heterocycles. The van der Waals surface area contributed by atoms with Crippen LogP contribution < -0.4 is 4.74 Å². The van der Waals surface area contributed by atoms with Gasteiger partial charge in [0.05, 0.1) is 7.11 Å². The summed E-state index contributed by atoms with van der Waals surface area (Å²) in [7, 11) is 1.75. The lowest BCUT2D eigenvalue weighted by Gasteiger charge is -2.27. The van der Waals surface area contributed by atoms with E-state index >= 15 is 0 Å². The summed E-state index contributed by atoms with van der Waals surface area (Å²) in [6, 6.07) is 10.7. The summed E-state index contributed by atoms with van der Waals surface area (Å²) in [6.07, 6.45) is 1.12. The van der Waals surface area contributed by atoms with Crippen molar-refractivity contribution >= 4 is 10.8 Å². The first-order valence-electron chi connectivity index (χ1n) is 6.58. The molecule has 0 N–H and O–H groups in total. The predicted molar refractivity (Wildman–Crippen MR) is 78.6 cm³/mol. The molecule has 1 nitrogen and oxygen atoms in total. The number of hydrogen-bond donors (Lipinski definition) is 0. The van der Waals surface area contributed by atoms with Crippen molar-refractivity contribution in [2.75, 3.05) is 7.11 Å². The van der Waals surface area contributed by atoms with Crippen LogP contribution in [-0.4, -0.2) is 7.11 Å². The molecule has 0 radical (unpaired) electrons. The maximum absolute atomic E-state index is 5.56. The van der Waals surface area contributed by atoms with Crippen LogP contribution in [-0.2, 0) is 5.41 Å². The van der Waals surface area contributed by atoms with E-state index in [-0.39, 0.29) is 5.41 Å². The van der Waals surface area contributed by atoms with Gasteiger partial charge in [0.15, 0.2) is 0 Å². The Morgan fingerprint density at radius 2 is 1.72 bits per heavy atom. The fourth-order valence-corrected chi connectivity index (χ4v) is 2.55. The predicted octanol–water partition coefficient (Wildman–Crippen LogP) is 4.84. The van der Waals surface area contributed by atoms with Crippen molar-refractivity contribution in [1.29, 1.82) is 0 Å². The first-order valence-corrected chi connectivity index (χ1v) is 6.58. The Morgan fingerprint density at radius 1 is 1.11 bits per heavy atom. The number of benzene rings is 2. The standard InChI is InChI=1S/C17H22O/c1-6-17(3,4)15-11-16(18-5)14-10-8-7-9-13(14)12(15)2/h7-11H,6H2,1-5H3. The molecule has 0 bridgehead atoms. The van der Waals surface area contributed by atoms with Crippen LogP contribution in [0.1, 0.15) is 38.3 Å². The number of rotatable bonds is 3. The summed E-state index contributed by atoms with van der Waals surface area (Å²) in [5.41, 5.74) is 2.94. The van der Waals surface area contributed by atoms with E-state index in [4.69, 9.17) is 4.74 Å². The minimum atomic E-state index is 0.182. The zero-order valence-electron chi connectivity index (χ0n) is 12.0. The molecule has 0 saturated heterocycles. The summed E-state index contributed by atoms with van der Waals surface area (Å²) in [6.45, 7) is 9.04. The van der Waals surface area contributed by atoms with Gasteiger partial charge in [-0.25, -0.2) is 0 Å². The molecule has 0 aliphatic carbocycles. The molecule has 0 aliphatic heterocycles. The van der Waals surface area contributed by atoms with Crippen LogP contribution in [0.15, 0.2) is 30.3 Å². The quantitative estimate of drug-likeness (QED) is 0.748. The van der Waals surface area contributed by atoms with Crippen molar-refractivity contribution in [3.8, 4) is 5.75 Å². The largest absolute Gasteiger partial charge is 0.496 e. The second-order valence-electron chi connectivity index (χ2n) is 5.53. The summed E-state index contributed by atoms with van der Waals surface area (Å²) < 4.78 is 5.56. The molecule has 0 heterocycles. The van der Waals surface area contributed by atoms with E-state index in [0.29, 0.717) is 0 Å². The van der Waals surface area contributed by atoms with Crippen molar-refractivity contribution in [2.24, 2.45) is 0 Å². The smallest absolute Gasteiger partial charge is 0.126 e. The highest BCUT2D eigenvalue weighted by Gasteiger charge is 2.22. The third-order valence-electron chi connectivity index (χ3n) is 4.11. The van der Waals surface area contributed by atoms with E-state index in [1.807, 2.05) is 0 Å². The van der Waals surface area contributed by atoms with Crippen molar-refractivity contribution in [2.45, 2.75) is 39.5 Å². The Morgan fingerprint density at radius 3 is 2.28 bits per heavy atom. The van der Waals surface area contributed by atoms with E-state index in [1.165, 1.54) is 21.9 Å². The topological polar surface area (TPSA) is 9.23 Å². The van der Waals surface area contributed by atoms with Gasteiger partial charge in [0.25, 0.3) is 0 Å². The molecular formula is C17H22O. The van der Waals surface area contributed by atoms with E-state index in [9.17, 15) is 0 Å². The maximum atomic E-state index is 5.56. The SMILES string of the molecule is CCC(C)(C)c1cc(OC)c2ccccc2c1C. The molecule has 18 heavy (non-hydrogen) atoms. The maximum Gasteiger partial charge on any atom is 0.126 e. The van der Waals surface area contributed by atoms with Crippen LogP contribution >= 0.6 is 0 Å². The monoisotopic (exact) mass is 242 g/mol. The van der Waals surface area contributed by atoms with Crippen LogP contribution in [0.25, 0.3) is 10.8 Å². The summed E-state index contributed by atoms with van der Waals surface area (Å²) in [4.78, 5) is 0. The normalized spacial score (nSPS) is 11.8. The van der Waals surface area contributed by atoms with Gasteiger partial charge in [-0.05, 0) is 41.3 Å². The third-order valence-corrected chi connectivity index (χ3v) is 4.11. The Bertz CT molecular complexity index is 567. The zero-order valence-corrected chi connectivity index (χ0v) is 12.0. The van der Waals surface area contributed by atoms with Gasteiger partial charge in [0.1, 0.15) is 5.75 Å². The molecule has 0 spiro atoms. The van der Waals surface area contributed by atoms with Gasteiger partial charge in [-0.1, -0.05) is 45.0 Å². The van der Waals surface area contributed by atoms with E-state index in [0.717, 1.165) is 12.2 Å². The molecule has 0 unspecified atom stereocenters. The molecule has 0 saturated carbocycles. The van der Waals surface area contributed by atoms with Crippen molar-refractivity contribution < 1.29 is 4.74 Å². The van der Waals surface area contributed by atoms with Crippen molar-refractivity contribution in [1.82, 2.24) is 0 Å². The molecule has 2 aromatic carbocycles. The number of fused-ring (bicyclic) bond motifs is 1. The van der Waals surface area contributed by atoms with E-state index in [2.05, 4.69) is 58.0 Å². The Labute approximate surface area is 110 Å². The van der Waals surface area contributed by atoms with Gasteiger partial charge in [-0.2, -0.15) is 0 Å².